The molecule has 1 aromatic carbocycles. The molecule has 0 unspecified atom stereocenters. The minimum atomic E-state index is -0.386. The van der Waals surface area contributed by atoms with E-state index in [0.29, 0.717) is 12.3 Å². The first-order valence-electron chi connectivity index (χ1n) is 4.59. The molecule has 0 atom stereocenters. The monoisotopic (exact) mass is 272 g/mol. The molecule has 5 heteroatoms. The fraction of sp³-hybridized carbons (Fsp3) is 0.300. The van der Waals surface area contributed by atoms with E-state index in [-0.39, 0.29) is 6.03 Å². The van der Waals surface area contributed by atoms with Gasteiger partial charge in [0.2, 0.25) is 0 Å². The molecule has 0 bridgehead atoms. The Balaban J connectivity index is 2.64. The van der Waals surface area contributed by atoms with E-state index < -0.39 is 0 Å². The molecule has 0 fully saturated rings. The minimum absolute atomic E-state index is 0.386. The van der Waals surface area contributed by atoms with E-state index in [4.69, 9.17) is 4.84 Å². The van der Waals surface area contributed by atoms with Gasteiger partial charge in [-0.05, 0) is 41.4 Å². The summed E-state index contributed by atoms with van der Waals surface area (Å²) in [6.07, 6.45) is 0. The lowest BCUT2D eigenvalue weighted by Gasteiger charge is -2.09. The molecular weight excluding hydrogens is 260 g/mol. The Morgan fingerprint density at radius 2 is 2.27 bits per heavy atom. The van der Waals surface area contributed by atoms with Gasteiger partial charge in [-0.15, -0.1) is 0 Å². The predicted molar refractivity (Wildman–Crippen MR) is 62.7 cm³/mol. The van der Waals surface area contributed by atoms with Crippen LogP contribution in [0.4, 0.5) is 10.5 Å². The molecule has 1 rings (SSSR count). The Hall–Kier alpha value is -1.07. The van der Waals surface area contributed by atoms with E-state index in [1.807, 2.05) is 25.1 Å². The number of amides is 2. The Labute approximate surface area is 97.1 Å². The van der Waals surface area contributed by atoms with Gasteiger partial charge in [0.05, 0.1) is 12.3 Å². The third-order valence-electron chi connectivity index (χ3n) is 1.75. The molecule has 15 heavy (non-hydrogen) atoms. The quantitative estimate of drug-likeness (QED) is 0.832. The SMILES string of the molecule is CCONC(=O)Nc1cccc(C)c1Br. The third kappa shape index (κ3) is 3.53. The van der Waals surface area contributed by atoms with Crippen LogP contribution in [0.1, 0.15) is 12.5 Å². The van der Waals surface area contributed by atoms with Gasteiger partial charge in [-0.3, -0.25) is 4.84 Å². The summed E-state index contributed by atoms with van der Waals surface area (Å²) in [6.45, 7) is 4.18. The largest absolute Gasteiger partial charge is 0.343 e. The highest BCUT2D eigenvalue weighted by molar-refractivity contribution is 9.10. The third-order valence-corrected chi connectivity index (χ3v) is 2.80. The molecule has 0 aliphatic rings. The number of anilines is 1. The average Bonchev–Trinajstić information content (AvgIpc) is 2.22. The number of carbonyl (C=O) groups excluding carboxylic acids is 1. The molecule has 0 aliphatic heterocycles. The van der Waals surface area contributed by atoms with Gasteiger partial charge in [-0.1, -0.05) is 12.1 Å². The van der Waals surface area contributed by atoms with Crippen LogP contribution in [0.15, 0.2) is 22.7 Å². The maximum atomic E-state index is 11.3. The Morgan fingerprint density at radius 3 is 2.93 bits per heavy atom. The summed E-state index contributed by atoms with van der Waals surface area (Å²) in [5, 5.41) is 2.66. The van der Waals surface area contributed by atoms with Crippen LogP contribution in [0.5, 0.6) is 0 Å². The number of aryl methyl sites for hydroxylation is 1. The lowest BCUT2D eigenvalue weighted by atomic mass is 10.2. The molecule has 0 saturated heterocycles. The second-order valence-corrected chi connectivity index (χ2v) is 3.72. The van der Waals surface area contributed by atoms with Gasteiger partial charge < -0.3 is 5.32 Å². The standard InChI is InChI=1S/C10H13BrN2O2/c1-3-15-13-10(14)12-8-6-4-5-7(2)9(8)11/h4-6H,3H2,1-2H3,(H2,12,13,14). The maximum Gasteiger partial charge on any atom is 0.343 e. The van der Waals surface area contributed by atoms with E-state index >= 15 is 0 Å². The lowest BCUT2D eigenvalue weighted by Crippen LogP contribution is -2.28. The number of rotatable bonds is 3. The van der Waals surface area contributed by atoms with Crippen molar-refractivity contribution in [1.82, 2.24) is 5.48 Å². The first kappa shape index (κ1) is 12.0. The van der Waals surface area contributed by atoms with Crippen LogP contribution in [0.25, 0.3) is 0 Å². The van der Waals surface area contributed by atoms with Crippen molar-refractivity contribution in [2.24, 2.45) is 0 Å². The lowest BCUT2D eigenvalue weighted by molar-refractivity contribution is 0.0758. The van der Waals surface area contributed by atoms with Crippen molar-refractivity contribution in [3.63, 3.8) is 0 Å². The molecule has 0 heterocycles. The summed E-state index contributed by atoms with van der Waals surface area (Å²) in [4.78, 5) is 16.0. The molecule has 0 spiro atoms. The van der Waals surface area contributed by atoms with E-state index in [9.17, 15) is 4.79 Å². The summed E-state index contributed by atoms with van der Waals surface area (Å²) in [6, 6.07) is 5.25. The van der Waals surface area contributed by atoms with E-state index in [1.165, 1.54) is 0 Å². The number of halogens is 1. The number of nitrogens with one attached hydrogen (secondary N) is 2. The van der Waals surface area contributed by atoms with Gasteiger partial charge in [-0.25, -0.2) is 10.3 Å². The highest BCUT2D eigenvalue weighted by atomic mass is 79.9. The molecular formula is C10H13BrN2O2. The Kier molecular flexibility index (Phi) is 4.58. The van der Waals surface area contributed by atoms with Gasteiger partial charge in [0.1, 0.15) is 0 Å². The van der Waals surface area contributed by atoms with Crippen LogP contribution in [-0.4, -0.2) is 12.6 Å². The summed E-state index contributed by atoms with van der Waals surface area (Å²) in [5.41, 5.74) is 4.03. The summed E-state index contributed by atoms with van der Waals surface area (Å²) in [7, 11) is 0. The molecule has 2 amide bonds. The molecule has 2 N–H and O–H groups in total. The first-order valence-corrected chi connectivity index (χ1v) is 5.38. The fourth-order valence-corrected chi connectivity index (χ4v) is 1.39. The molecule has 0 aliphatic carbocycles. The first-order chi connectivity index (χ1) is 7.15. The molecule has 4 nitrogen and oxygen atoms in total. The highest BCUT2D eigenvalue weighted by Gasteiger charge is 2.05. The zero-order valence-electron chi connectivity index (χ0n) is 8.63. The normalized spacial score (nSPS) is 9.80. The Bertz CT molecular complexity index is 355. The van der Waals surface area contributed by atoms with Crippen LogP contribution in [0.3, 0.4) is 0 Å². The van der Waals surface area contributed by atoms with Crippen molar-refractivity contribution in [1.29, 1.82) is 0 Å². The molecule has 0 saturated carbocycles. The minimum Gasteiger partial charge on any atom is -0.305 e. The van der Waals surface area contributed by atoms with Crippen molar-refractivity contribution in [2.45, 2.75) is 13.8 Å². The summed E-state index contributed by atoms with van der Waals surface area (Å²) >= 11 is 3.39. The Morgan fingerprint density at radius 1 is 1.53 bits per heavy atom. The van der Waals surface area contributed by atoms with Crippen LogP contribution in [0, 0.1) is 6.92 Å². The van der Waals surface area contributed by atoms with Crippen molar-refractivity contribution in [2.75, 3.05) is 11.9 Å². The van der Waals surface area contributed by atoms with Gasteiger partial charge in [0.25, 0.3) is 0 Å². The zero-order valence-corrected chi connectivity index (χ0v) is 10.2. The van der Waals surface area contributed by atoms with Crippen molar-refractivity contribution in [3.8, 4) is 0 Å². The molecule has 82 valence electrons. The number of hydrogen-bond acceptors (Lipinski definition) is 2. The topological polar surface area (TPSA) is 50.4 Å². The van der Waals surface area contributed by atoms with E-state index in [2.05, 4.69) is 26.7 Å². The summed E-state index contributed by atoms with van der Waals surface area (Å²) in [5.74, 6) is 0. The maximum absolute atomic E-state index is 11.3. The highest BCUT2D eigenvalue weighted by Crippen LogP contribution is 2.25. The number of urea groups is 1. The number of benzene rings is 1. The van der Waals surface area contributed by atoms with Crippen LogP contribution in [-0.2, 0) is 4.84 Å². The second kappa shape index (κ2) is 5.72. The number of hydroxylamine groups is 1. The van der Waals surface area contributed by atoms with Crippen molar-refractivity contribution < 1.29 is 9.63 Å². The van der Waals surface area contributed by atoms with Gasteiger partial charge in [-0.2, -0.15) is 0 Å². The average molecular weight is 273 g/mol. The second-order valence-electron chi connectivity index (χ2n) is 2.93. The van der Waals surface area contributed by atoms with Crippen LogP contribution in [0.2, 0.25) is 0 Å². The van der Waals surface area contributed by atoms with Crippen LogP contribution < -0.4 is 10.8 Å². The molecule has 0 radical (unpaired) electrons. The number of carbonyl (C=O) groups is 1. The smallest absolute Gasteiger partial charge is 0.305 e. The van der Waals surface area contributed by atoms with Gasteiger partial charge in [0, 0.05) is 4.47 Å². The van der Waals surface area contributed by atoms with Crippen LogP contribution >= 0.6 is 15.9 Å². The van der Waals surface area contributed by atoms with E-state index in [0.717, 1.165) is 10.0 Å². The van der Waals surface area contributed by atoms with Crippen molar-refractivity contribution >= 4 is 27.6 Å². The molecule has 0 aromatic heterocycles. The fourth-order valence-electron chi connectivity index (χ4n) is 1.03. The number of hydrogen-bond donors (Lipinski definition) is 2. The molecule has 1 aromatic rings. The van der Waals surface area contributed by atoms with Crippen molar-refractivity contribution in [3.05, 3.63) is 28.2 Å². The predicted octanol–water partition coefficient (Wildman–Crippen LogP) is 2.83. The van der Waals surface area contributed by atoms with E-state index in [1.54, 1.807) is 6.92 Å². The summed E-state index contributed by atoms with van der Waals surface area (Å²) < 4.78 is 0.872. The van der Waals surface area contributed by atoms with Gasteiger partial charge in [0.15, 0.2) is 0 Å². The van der Waals surface area contributed by atoms with Gasteiger partial charge >= 0.3 is 6.03 Å². The zero-order chi connectivity index (χ0) is 11.3.